The lowest BCUT2D eigenvalue weighted by molar-refractivity contribution is -0.114. The van der Waals surface area contributed by atoms with Crippen LogP contribution in [0.25, 0.3) is 0 Å². The first-order chi connectivity index (χ1) is 6.88. The van der Waals surface area contributed by atoms with Crippen LogP contribution in [-0.2, 0) is 15.1 Å². The standard InChI is InChI=1S/C8H10N2O4S/c1-6(11)9-7-4-2-3-5-8(7)10-15(12,13)14/h2-5,10H,1H3,(H,9,11)(H,12,13,14). The van der Waals surface area contributed by atoms with Crippen molar-refractivity contribution in [3.8, 4) is 0 Å². The highest BCUT2D eigenvalue weighted by molar-refractivity contribution is 7.87. The number of hydrogen-bond donors (Lipinski definition) is 3. The molecule has 0 fully saturated rings. The predicted octanol–water partition coefficient (Wildman–Crippen LogP) is 0.860. The van der Waals surface area contributed by atoms with Crippen LogP contribution in [0.5, 0.6) is 0 Å². The van der Waals surface area contributed by atoms with E-state index in [0.717, 1.165) is 0 Å². The zero-order chi connectivity index (χ0) is 11.5. The van der Waals surface area contributed by atoms with Crippen LogP contribution < -0.4 is 10.0 Å². The van der Waals surface area contributed by atoms with Gasteiger partial charge in [-0.3, -0.25) is 14.1 Å². The van der Waals surface area contributed by atoms with Crippen molar-refractivity contribution in [2.24, 2.45) is 0 Å². The average Bonchev–Trinajstić information content (AvgIpc) is 2.05. The van der Waals surface area contributed by atoms with Crippen LogP contribution in [0.3, 0.4) is 0 Å². The number of anilines is 2. The molecule has 0 bridgehead atoms. The summed E-state index contributed by atoms with van der Waals surface area (Å²) in [6, 6.07) is 6.12. The maximum Gasteiger partial charge on any atom is 0.357 e. The third-order valence-electron chi connectivity index (χ3n) is 1.48. The molecule has 0 spiro atoms. The van der Waals surface area contributed by atoms with Crippen LogP contribution >= 0.6 is 0 Å². The number of benzene rings is 1. The average molecular weight is 230 g/mol. The molecule has 1 aromatic rings. The molecule has 0 unspecified atom stereocenters. The fourth-order valence-corrected chi connectivity index (χ4v) is 1.47. The topological polar surface area (TPSA) is 95.5 Å². The number of carbonyl (C=O) groups excluding carboxylic acids is 1. The summed E-state index contributed by atoms with van der Waals surface area (Å²) < 4.78 is 31.6. The van der Waals surface area contributed by atoms with Crippen LogP contribution in [0.2, 0.25) is 0 Å². The Morgan fingerprint density at radius 3 is 2.27 bits per heavy atom. The first-order valence-electron chi connectivity index (χ1n) is 4.00. The Balaban J connectivity index is 3.01. The van der Waals surface area contributed by atoms with Gasteiger partial charge in [0.25, 0.3) is 0 Å². The second kappa shape index (κ2) is 4.28. The molecule has 0 aliphatic rings. The van der Waals surface area contributed by atoms with Gasteiger partial charge in [-0.2, -0.15) is 8.42 Å². The minimum absolute atomic E-state index is 0.107. The first-order valence-corrected chi connectivity index (χ1v) is 5.44. The maximum atomic E-state index is 10.8. The minimum atomic E-state index is -4.34. The molecular formula is C8H10N2O4S. The summed E-state index contributed by atoms with van der Waals surface area (Å²) >= 11 is 0. The maximum absolute atomic E-state index is 10.8. The summed E-state index contributed by atoms with van der Waals surface area (Å²) in [5.41, 5.74) is 0.387. The first kappa shape index (κ1) is 11.5. The van der Waals surface area contributed by atoms with Gasteiger partial charge in [-0.15, -0.1) is 0 Å². The summed E-state index contributed by atoms with van der Waals surface area (Å²) in [7, 11) is -4.34. The predicted molar refractivity (Wildman–Crippen MR) is 55.9 cm³/mol. The van der Waals surface area contributed by atoms with E-state index >= 15 is 0 Å². The lowest BCUT2D eigenvalue weighted by Crippen LogP contribution is -2.14. The van der Waals surface area contributed by atoms with Crippen LogP contribution in [0.15, 0.2) is 24.3 Å². The normalized spacial score (nSPS) is 10.8. The molecule has 15 heavy (non-hydrogen) atoms. The Morgan fingerprint density at radius 2 is 1.80 bits per heavy atom. The van der Waals surface area contributed by atoms with Gasteiger partial charge in [-0.25, -0.2) is 0 Å². The van der Waals surface area contributed by atoms with Crippen LogP contribution in [0.1, 0.15) is 6.92 Å². The molecule has 0 radical (unpaired) electrons. The SMILES string of the molecule is CC(=O)Nc1ccccc1NS(=O)(=O)O. The van der Waals surface area contributed by atoms with Crippen molar-refractivity contribution in [2.75, 3.05) is 10.0 Å². The lowest BCUT2D eigenvalue weighted by atomic mass is 10.3. The van der Waals surface area contributed by atoms with Gasteiger partial charge in [-0.05, 0) is 12.1 Å². The highest BCUT2D eigenvalue weighted by atomic mass is 32.2. The van der Waals surface area contributed by atoms with Crippen molar-refractivity contribution in [2.45, 2.75) is 6.92 Å². The van der Waals surface area contributed by atoms with E-state index in [9.17, 15) is 13.2 Å². The van der Waals surface area contributed by atoms with E-state index in [0.29, 0.717) is 0 Å². The van der Waals surface area contributed by atoms with Crippen LogP contribution in [0, 0.1) is 0 Å². The Morgan fingerprint density at radius 1 is 1.27 bits per heavy atom. The summed E-state index contributed by atoms with van der Waals surface area (Å²) in [5.74, 6) is -0.334. The van der Waals surface area contributed by atoms with Crippen molar-refractivity contribution in [1.82, 2.24) is 0 Å². The Kier molecular flexibility index (Phi) is 3.28. The van der Waals surface area contributed by atoms with Gasteiger partial charge in [0.1, 0.15) is 0 Å². The van der Waals surface area contributed by atoms with Gasteiger partial charge in [0, 0.05) is 6.92 Å². The van der Waals surface area contributed by atoms with Gasteiger partial charge in [0.15, 0.2) is 0 Å². The van der Waals surface area contributed by atoms with E-state index in [1.807, 2.05) is 4.72 Å². The zero-order valence-corrected chi connectivity index (χ0v) is 8.71. The van der Waals surface area contributed by atoms with Crippen LogP contribution in [0.4, 0.5) is 11.4 Å². The third kappa shape index (κ3) is 3.96. The molecule has 0 saturated heterocycles. The Labute approximate surface area is 87.2 Å². The molecule has 7 heteroatoms. The third-order valence-corrected chi connectivity index (χ3v) is 1.95. The second-order valence-corrected chi connectivity index (χ2v) is 3.96. The van der Waals surface area contributed by atoms with Crippen molar-refractivity contribution >= 4 is 27.6 Å². The fraction of sp³-hybridized carbons (Fsp3) is 0.125. The van der Waals surface area contributed by atoms with Gasteiger partial charge in [0.05, 0.1) is 11.4 Å². The molecule has 1 amide bonds. The number of nitrogens with one attached hydrogen (secondary N) is 2. The summed E-state index contributed by atoms with van der Waals surface area (Å²) in [5, 5.41) is 2.42. The number of rotatable bonds is 3. The van der Waals surface area contributed by atoms with Crippen molar-refractivity contribution in [3.05, 3.63) is 24.3 Å². The van der Waals surface area contributed by atoms with Crippen molar-refractivity contribution in [1.29, 1.82) is 0 Å². The number of hydrogen-bond acceptors (Lipinski definition) is 3. The monoisotopic (exact) mass is 230 g/mol. The number of para-hydroxylation sites is 2. The molecule has 0 aliphatic carbocycles. The quantitative estimate of drug-likeness (QED) is 0.671. The van der Waals surface area contributed by atoms with Gasteiger partial charge < -0.3 is 5.32 Å². The molecule has 0 aromatic heterocycles. The minimum Gasteiger partial charge on any atom is -0.325 e. The van der Waals surface area contributed by atoms with Gasteiger partial charge in [0.2, 0.25) is 5.91 Å². The molecule has 0 saturated carbocycles. The van der Waals surface area contributed by atoms with Crippen molar-refractivity contribution in [3.63, 3.8) is 0 Å². The molecule has 0 aliphatic heterocycles. The molecule has 3 N–H and O–H groups in total. The zero-order valence-electron chi connectivity index (χ0n) is 7.89. The molecule has 1 aromatic carbocycles. The van der Waals surface area contributed by atoms with Gasteiger partial charge >= 0.3 is 10.3 Å². The fourth-order valence-electron chi connectivity index (χ4n) is 1.01. The van der Waals surface area contributed by atoms with E-state index in [1.54, 1.807) is 12.1 Å². The Hall–Kier alpha value is -1.60. The molecule has 0 heterocycles. The van der Waals surface area contributed by atoms with E-state index in [1.165, 1.54) is 19.1 Å². The highest BCUT2D eigenvalue weighted by Crippen LogP contribution is 2.21. The molecule has 0 atom stereocenters. The largest absolute Gasteiger partial charge is 0.357 e. The number of carbonyl (C=O) groups is 1. The smallest absolute Gasteiger partial charge is 0.325 e. The molecule has 6 nitrogen and oxygen atoms in total. The highest BCUT2D eigenvalue weighted by Gasteiger charge is 2.08. The second-order valence-electron chi connectivity index (χ2n) is 2.80. The lowest BCUT2D eigenvalue weighted by Gasteiger charge is -2.09. The summed E-state index contributed by atoms with van der Waals surface area (Å²) in [4.78, 5) is 10.8. The molecule has 82 valence electrons. The van der Waals surface area contributed by atoms with E-state index in [-0.39, 0.29) is 17.3 Å². The van der Waals surface area contributed by atoms with Crippen molar-refractivity contribution < 1.29 is 17.8 Å². The van der Waals surface area contributed by atoms with E-state index < -0.39 is 10.3 Å². The van der Waals surface area contributed by atoms with E-state index in [4.69, 9.17) is 4.55 Å². The summed E-state index contributed by atoms with van der Waals surface area (Å²) in [6.45, 7) is 1.30. The Bertz CT molecular complexity index is 469. The molecular weight excluding hydrogens is 220 g/mol. The van der Waals surface area contributed by atoms with Crippen LogP contribution in [-0.4, -0.2) is 18.9 Å². The number of amides is 1. The van der Waals surface area contributed by atoms with E-state index in [2.05, 4.69) is 5.32 Å². The van der Waals surface area contributed by atoms with Gasteiger partial charge in [-0.1, -0.05) is 12.1 Å². The molecule has 1 rings (SSSR count). The summed E-state index contributed by atoms with van der Waals surface area (Å²) in [6.07, 6.45) is 0.